The van der Waals surface area contributed by atoms with E-state index in [0.717, 1.165) is 11.8 Å². The Hall–Kier alpha value is -2.54. The molecule has 1 amide bonds. The lowest BCUT2D eigenvalue weighted by Gasteiger charge is -2.19. The van der Waals surface area contributed by atoms with Crippen molar-refractivity contribution in [3.63, 3.8) is 0 Å². The Morgan fingerprint density at radius 3 is 2.48 bits per heavy atom. The highest BCUT2D eigenvalue weighted by Crippen LogP contribution is 2.28. The van der Waals surface area contributed by atoms with Crippen molar-refractivity contribution < 1.29 is 18.0 Å². The minimum atomic E-state index is -3.44. The van der Waals surface area contributed by atoms with Crippen molar-refractivity contribution in [1.82, 2.24) is 5.32 Å². The lowest BCUT2D eigenvalue weighted by molar-refractivity contribution is -0.143. The Bertz CT molecular complexity index is 853. The first-order valence-corrected chi connectivity index (χ1v) is 8.52. The molecule has 3 N–H and O–H groups in total. The van der Waals surface area contributed by atoms with Gasteiger partial charge in [0, 0.05) is 37.0 Å². The Morgan fingerprint density at radius 2 is 1.89 bits per heavy atom. The van der Waals surface area contributed by atoms with E-state index in [-0.39, 0.29) is 11.6 Å². The molecule has 1 unspecified atom stereocenters. The SMILES string of the molecule is CC(CNc1ccc(-c2ccc(F)c(Cl)c2)cc1C=N)NC(=O)C(C)(F)F. The smallest absolute Gasteiger partial charge is 0.321 e. The van der Waals surface area contributed by atoms with Crippen LogP contribution in [0.2, 0.25) is 5.02 Å². The maximum absolute atomic E-state index is 13.3. The molecule has 0 aliphatic rings. The van der Waals surface area contributed by atoms with Crippen molar-refractivity contribution in [3.8, 4) is 11.1 Å². The lowest BCUT2D eigenvalue weighted by Crippen LogP contribution is -2.45. The molecule has 0 aliphatic heterocycles. The molecule has 0 saturated heterocycles. The highest BCUT2D eigenvalue weighted by Gasteiger charge is 2.32. The number of hydrogen-bond acceptors (Lipinski definition) is 3. The fourth-order valence-corrected chi connectivity index (χ4v) is 2.54. The minimum Gasteiger partial charge on any atom is -0.382 e. The number of amides is 1. The number of carbonyl (C=O) groups excluding carboxylic acids is 1. The van der Waals surface area contributed by atoms with Gasteiger partial charge >= 0.3 is 5.92 Å². The molecule has 2 rings (SSSR count). The van der Waals surface area contributed by atoms with Crippen LogP contribution in [0.1, 0.15) is 19.4 Å². The average molecular weight is 398 g/mol. The lowest BCUT2D eigenvalue weighted by atomic mass is 10.0. The molecule has 1 atom stereocenters. The normalized spacial score (nSPS) is 12.4. The van der Waals surface area contributed by atoms with E-state index >= 15 is 0 Å². The van der Waals surface area contributed by atoms with Crippen molar-refractivity contribution in [3.05, 3.63) is 52.8 Å². The Labute approximate surface area is 160 Å². The zero-order chi connectivity index (χ0) is 20.2. The summed E-state index contributed by atoms with van der Waals surface area (Å²) >= 11 is 5.81. The summed E-state index contributed by atoms with van der Waals surface area (Å²) in [6, 6.07) is 9.01. The molecule has 0 heterocycles. The molecule has 27 heavy (non-hydrogen) atoms. The summed E-state index contributed by atoms with van der Waals surface area (Å²) in [5, 5.41) is 12.8. The van der Waals surface area contributed by atoms with Crippen LogP contribution in [-0.2, 0) is 4.79 Å². The summed E-state index contributed by atoms with van der Waals surface area (Å²) in [5.74, 6) is -5.29. The minimum absolute atomic E-state index is 0.00315. The number of rotatable bonds is 7. The van der Waals surface area contributed by atoms with E-state index in [2.05, 4.69) is 10.6 Å². The first-order chi connectivity index (χ1) is 12.6. The fraction of sp³-hybridized carbons (Fsp3) is 0.263. The summed E-state index contributed by atoms with van der Waals surface area (Å²) in [5.41, 5.74) is 2.59. The number of nitrogens with one attached hydrogen (secondary N) is 3. The van der Waals surface area contributed by atoms with E-state index < -0.39 is 23.7 Å². The van der Waals surface area contributed by atoms with Crippen molar-refractivity contribution in [1.29, 1.82) is 5.41 Å². The van der Waals surface area contributed by atoms with Gasteiger partial charge < -0.3 is 16.0 Å². The zero-order valence-corrected chi connectivity index (χ0v) is 15.5. The number of hydrogen-bond donors (Lipinski definition) is 3. The molecule has 0 aliphatic carbocycles. The van der Waals surface area contributed by atoms with E-state index in [0.29, 0.717) is 23.7 Å². The van der Waals surface area contributed by atoms with Crippen LogP contribution >= 0.6 is 11.6 Å². The van der Waals surface area contributed by atoms with Gasteiger partial charge in [-0.2, -0.15) is 8.78 Å². The molecule has 0 saturated carbocycles. The quantitative estimate of drug-likeness (QED) is 0.592. The maximum atomic E-state index is 13.3. The van der Waals surface area contributed by atoms with Crippen molar-refractivity contribution in [2.24, 2.45) is 0 Å². The number of carbonyl (C=O) groups is 1. The number of halogens is 4. The summed E-state index contributed by atoms with van der Waals surface area (Å²) in [6.07, 6.45) is 1.14. The van der Waals surface area contributed by atoms with Crippen LogP contribution in [0.25, 0.3) is 11.1 Å². The van der Waals surface area contributed by atoms with Gasteiger partial charge in [-0.05, 0) is 42.3 Å². The molecule has 0 radical (unpaired) electrons. The van der Waals surface area contributed by atoms with Gasteiger partial charge in [0.15, 0.2) is 0 Å². The van der Waals surface area contributed by atoms with Crippen LogP contribution in [0.5, 0.6) is 0 Å². The van der Waals surface area contributed by atoms with Crippen LogP contribution in [0.15, 0.2) is 36.4 Å². The highest BCUT2D eigenvalue weighted by atomic mass is 35.5. The Kier molecular flexibility index (Phi) is 6.49. The van der Waals surface area contributed by atoms with Gasteiger partial charge in [0.05, 0.1) is 5.02 Å². The van der Waals surface area contributed by atoms with Crippen LogP contribution in [0.3, 0.4) is 0 Å². The van der Waals surface area contributed by atoms with E-state index in [1.54, 1.807) is 31.2 Å². The molecule has 0 bridgehead atoms. The van der Waals surface area contributed by atoms with Crippen molar-refractivity contribution in [2.75, 3.05) is 11.9 Å². The average Bonchev–Trinajstić information content (AvgIpc) is 2.61. The summed E-state index contributed by atoms with van der Waals surface area (Å²) in [6.45, 7) is 2.33. The van der Waals surface area contributed by atoms with Crippen LogP contribution in [0.4, 0.5) is 18.9 Å². The molecule has 4 nitrogen and oxygen atoms in total. The van der Waals surface area contributed by atoms with Crippen LogP contribution in [0, 0.1) is 11.2 Å². The van der Waals surface area contributed by atoms with Crippen LogP contribution in [-0.4, -0.2) is 30.6 Å². The molecule has 0 fully saturated rings. The summed E-state index contributed by atoms with van der Waals surface area (Å²) in [7, 11) is 0. The monoisotopic (exact) mass is 397 g/mol. The fourth-order valence-electron chi connectivity index (χ4n) is 2.36. The van der Waals surface area contributed by atoms with E-state index in [1.807, 2.05) is 0 Å². The number of alkyl halides is 2. The largest absolute Gasteiger partial charge is 0.382 e. The molecule has 0 aromatic heterocycles. The first-order valence-electron chi connectivity index (χ1n) is 8.14. The Balaban J connectivity index is 2.11. The standard InChI is InChI=1S/C19H19ClF3N3O/c1-11(26-18(27)19(2,22)23)10-25-17-6-4-12(7-14(17)9-24)13-3-5-16(21)15(20)8-13/h3-9,11,24-25H,10H2,1-2H3,(H,26,27). The third kappa shape index (κ3) is 5.47. The molecule has 0 spiro atoms. The van der Waals surface area contributed by atoms with E-state index in [1.165, 1.54) is 12.1 Å². The predicted octanol–water partition coefficient (Wildman–Crippen LogP) is 4.72. The van der Waals surface area contributed by atoms with Crippen molar-refractivity contribution >= 4 is 29.4 Å². The maximum Gasteiger partial charge on any atom is 0.321 e. The van der Waals surface area contributed by atoms with E-state index in [9.17, 15) is 18.0 Å². The van der Waals surface area contributed by atoms with Gasteiger partial charge in [-0.1, -0.05) is 23.7 Å². The second-order valence-corrected chi connectivity index (χ2v) is 6.63. The second kappa shape index (κ2) is 8.43. The first kappa shape index (κ1) is 20.8. The third-order valence-corrected chi connectivity index (χ3v) is 4.12. The topological polar surface area (TPSA) is 65.0 Å². The zero-order valence-electron chi connectivity index (χ0n) is 14.7. The highest BCUT2D eigenvalue weighted by molar-refractivity contribution is 6.31. The van der Waals surface area contributed by atoms with Gasteiger partial charge in [-0.3, -0.25) is 4.79 Å². The second-order valence-electron chi connectivity index (χ2n) is 6.22. The number of anilines is 1. The van der Waals surface area contributed by atoms with Crippen molar-refractivity contribution in [2.45, 2.75) is 25.8 Å². The number of benzene rings is 2. The van der Waals surface area contributed by atoms with Gasteiger partial charge in [0.2, 0.25) is 0 Å². The molecular formula is C19H19ClF3N3O. The van der Waals surface area contributed by atoms with Gasteiger partial charge in [-0.25, -0.2) is 4.39 Å². The molecule has 144 valence electrons. The van der Waals surface area contributed by atoms with Gasteiger partial charge in [0.25, 0.3) is 5.91 Å². The van der Waals surface area contributed by atoms with Gasteiger partial charge in [-0.15, -0.1) is 0 Å². The molecule has 2 aromatic rings. The van der Waals surface area contributed by atoms with Gasteiger partial charge in [0.1, 0.15) is 5.82 Å². The molecular weight excluding hydrogens is 379 g/mol. The third-order valence-electron chi connectivity index (χ3n) is 3.83. The molecule has 8 heteroatoms. The summed E-state index contributed by atoms with van der Waals surface area (Å²) < 4.78 is 39.2. The summed E-state index contributed by atoms with van der Waals surface area (Å²) in [4.78, 5) is 11.3. The predicted molar refractivity (Wildman–Crippen MR) is 101 cm³/mol. The molecule has 2 aromatic carbocycles. The van der Waals surface area contributed by atoms with Crippen LogP contribution < -0.4 is 10.6 Å². The van der Waals surface area contributed by atoms with E-state index in [4.69, 9.17) is 17.0 Å². The Morgan fingerprint density at radius 1 is 1.26 bits per heavy atom.